The molecule has 0 atom stereocenters. The van der Waals surface area contributed by atoms with E-state index in [1.165, 1.54) is 16.7 Å². The van der Waals surface area contributed by atoms with Gasteiger partial charge in [0, 0.05) is 23.0 Å². The minimum atomic E-state index is 0.202. The lowest BCUT2D eigenvalue weighted by Gasteiger charge is -2.26. The molecule has 5 rings (SSSR count). The van der Waals surface area contributed by atoms with Crippen molar-refractivity contribution in [2.75, 3.05) is 4.90 Å². The number of para-hydroxylation sites is 2. The maximum atomic E-state index is 2.30. The van der Waals surface area contributed by atoms with Crippen molar-refractivity contribution in [1.29, 1.82) is 0 Å². The smallest absolute Gasteiger partial charge is 0.0461 e. The van der Waals surface area contributed by atoms with Crippen molar-refractivity contribution in [1.82, 2.24) is 0 Å². The molecule has 5 aromatic rings. The molecule has 0 aliphatic heterocycles. The second kappa shape index (κ2) is 9.36. The van der Waals surface area contributed by atoms with E-state index in [1.54, 1.807) is 0 Å². The highest BCUT2D eigenvalue weighted by atomic mass is 15.1. The first-order valence-electron chi connectivity index (χ1n) is 11.0. The third-order valence-corrected chi connectivity index (χ3v) is 5.78. The molecule has 154 valence electrons. The maximum Gasteiger partial charge on any atom is 0.0461 e. The van der Waals surface area contributed by atoms with E-state index < -0.39 is 0 Å². The molecular weight excluding hydrogens is 386 g/mol. The second-order valence-corrected chi connectivity index (χ2v) is 7.85. The highest BCUT2D eigenvalue weighted by Crippen LogP contribution is 2.37. The Bertz CT molecular complexity index is 1050. The highest BCUT2D eigenvalue weighted by molar-refractivity contribution is 5.76. The fourth-order valence-corrected chi connectivity index (χ4v) is 4.29. The van der Waals surface area contributed by atoms with Gasteiger partial charge in [0.2, 0.25) is 0 Å². The van der Waals surface area contributed by atoms with E-state index in [9.17, 15) is 0 Å². The van der Waals surface area contributed by atoms with Crippen LogP contribution in [0, 0.1) is 0 Å². The van der Waals surface area contributed by atoms with Crippen LogP contribution < -0.4 is 4.90 Å². The van der Waals surface area contributed by atoms with Crippen LogP contribution >= 0.6 is 0 Å². The number of anilines is 3. The number of nitrogens with zero attached hydrogens (tertiary/aromatic N) is 1. The minimum absolute atomic E-state index is 0.202. The van der Waals surface area contributed by atoms with Gasteiger partial charge in [-0.2, -0.15) is 0 Å². The predicted molar refractivity (Wildman–Crippen MR) is 135 cm³/mol. The summed E-state index contributed by atoms with van der Waals surface area (Å²) in [5, 5.41) is 0. The van der Waals surface area contributed by atoms with Crippen LogP contribution in [0.25, 0.3) is 0 Å². The Morgan fingerprint density at radius 1 is 0.312 bits per heavy atom. The average molecular weight is 412 g/mol. The Morgan fingerprint density at radius 3 is 1.03 bits per heavy atom. The number of benzene rings is 5. The topological polar surface area (TPSA) is 3.24 Å². The molecule has 1 heteroatoms. The summed E-state index contributed by atoms with van der Waals surface area (Å²) in [6.45, 7) is 0. The summed E-state index contributed by atoms with van der Waals surface area (Å²) in [5.74, 6) is 0.202. The van der Waals surface area contributed by atoms with Crippen LogP contribution in [-0.4, -0.2) is 0 Å². The Kier molecular flexibility index (Phi) is 5.80. The third kappa shape index (κ3) is 4.19. The van der Waals surface area contributed by atoms with E-state index in [2.05, 4.69) is 150 Å². The van der Waals surface area contributed by atoms with Gasteiger partial charge in [-0.1, -0.05) is 109 Å². The normalized spacial score (nSPS) is 10.8. The summed E-state index contributed by atoms with van der Waals surface area (Å²) in [6, 6.07) is 51.5. The fourth-order valence-electron chi connectivity index (χ4n) is 4.29. The van der Waals surface area contributed by atoms with Crippen molar-refractivity contribution >= 4 is 17.1 Å². The molecule has 0 radical (unpaired) electrons. The van der Waals surface area contributed by atoms with Gasteiger partial charge in [-0.25, -0.2) is 0 Å². The summed E-state index contributed by atoms with van der Waals surface area (Å²) < 4.78 is 0. The Labute approximate surface area is 190 Å². The van der Waals surface area contributed by atoms with E-state index in [0.717, 1.165) is 17.1 Å². The fraction of sp³-hybridized carbons (Fsp3) is 0.0323. The van der Waals surface area contributed by atoms with Gasteiger partial charge < -0.3 is 4.90 Å². The van der Waals surface area contributed by atoms with E-state index >= 15 is 0 Å². The van der Waals surface area contributed by atoms with Crippen molar-refractivity contribution in [2.45, 2.75) is 5.92 Å². The molecular formula is C31H25N. The second-order valence-electron chi connectivity index (χ2n) is 7.85. The largest absolute Gasteiger partial charge is 0.311 e. The molecule has 0 saturated carbocycles. The molecule has 0 heterocycles. The SMILES string of the molecule is c1ccc(C(c2ccccc2)c2ccc(N(c3ccccc3)c3ccccc3)cc2)cc1. The molecule has 32 heavy (non-hydrogen) atoms. The highest BCUT2D eigenvalue weighted by Gasteiger charge is 2.18. The van der Waals surface area contributed by atoms with Gasteiger partial charge in [0.1, 0.15) is 0 Å². The molecule has 0 N–H and O–H groups in total. The molecule has 0 aliphatic rings. The van der Waals surface area contributed by atoms with E-state index in [0.29, 0.717) is 0 Å². The number of hydrogen-bond acceptors (Lipinski definition) is 1. The molecule has 0 spiro atoms. The summed E-state index contributed by atoms with van der Waals surface area (Å²) >= 11 is 0. The number of hydrogen-bond donors (Lipinski definition) is 0. The first kappa shape index (κ1) is 19.8. The third-order valence-electron chi connectivity index (χ3n) is 5.78. The summed E-state index contributed by atoms with van der Waals surface area (Å²) in [5.41, 5.74) is 7.32. The van der Waals surface area contributed by atoms with Crippen LogP contribution in [0.3, 0.4) is 0 Å². The monoisotopic (exact) mass is 411 g/mol. The van der Waals surface area contributed by atoms with E-state index in [1.807, 2.05) is 0 Å². The van der Waals surface area contributed by atoms with Crippen molar-refractivity contribution in [3.05, 3.63) is 162 Å². The van der Waals surface area contributed by atoms with Crippen molar-refractivity contribution in [2.24, 2.45) is 0 Å². The molecule has 0 unspecified atom stereocenters. The number of rotatable bonds is 6. The molecule has 0 amide bonds. The lowest BCUT2D eigenvalue weighted by atomic mass is 9.85. The lowest BCUT2D eigenvalue weighted by molar-refractivity contribution is 0.977. The molecule has 0 aromatic heterocycles. The van der Waals surface area contributed by atoms with Gasteiger partial charge in [-0.3, -0.25) is 0 Å². The van der Waals surface area contributed by atoms with Crippen LogP contribution in [0.4, 0.5) is 17.1 Å². The summed E-state index contributed by atoms with van der Waals surface area (Å²) in [6.07, 6.45) is 0. The zero-order valence-electron chi connectivity index (χ0n) is 17.9. The van der Waals surface area contributed by atoms with Crippen LogP contribution in [0.2, 0.25) is 0 Å². The summed E-state index contributed by atoms with van der Waals surface area (Å²) in [4.78, 5) is 2.30. The molecule has 0 aliphatic carbocycles. The summed E-state index contributed by atoms with van der Waals surface area (Å²) in [7, 11) is 0. The first-order chi connectivity index (χ1) is 15.9. The predicted octanol–water partition coefficient (Wildman–Crippen LogP) is 8.34. The average Bonchev–Trinajstić information content (AvgIpc) is 2.88. The van der Waals surface area contributed by atoms with Crippen molar-refractivity contribution in [3.63, 3.8) is 0 Å². The minimum Gasteiger partial charge on any atom is -0.311 e. The molecule has 0 bridgehead atoms. The van der Waals surface area contributed by atoms with E-state index in [4.69, 9.17) is 0 Å². The van der Waals surface area contributed by atoms with Gasteiger partial charge >= 0.3 is 0 Å². The van der Waals surface area contributed by atoms with Crippen molar-refractivity contribution in [3.8, 4) is 0 Å². The molecule has 0 saturated heterocycles. The molecule has 1 nitrogen and oxygen atoms in total. The van der Waals surface area contributed by atoms with Gasteiger partial charge in [0.15, 0.2) is 0 Å². The van der Waals surface area contributed by atoms with Gasteiger partial charge in [-0.15, -0.1) is 0 Å². The van der Waals surface area contributed by atoms with Crippen LogP contribution in [-0.2, 0) is 0 Å². The quantitative estimate of drug-likeness (QED) is 0.254. The Morgan fingerprint density at radius 2 is 0.625 bits per heavy atom. The van der Waals surface area contributed by atoms with Gasteiger partial charge in [0.05, 0.1) is 0 Å². The maximum absolute atomic E-state index is 2.30. The zero-order valence-corrected chi connectivity index (χ0v) is 17.9. The van der Waals surface area contributed by atoms with Crippen LogP contribution in [0.5, 0.6) is 0 Å². The standard InChI is InChI=1S/C31H25N/c1-5-13-25(14-6-1)31(26-15-7-2-8-16-26)27-21-23-30(24-22-27)32(28-17-9-3-10-18-28)29-19-11-4-12-20-29/h1-24,31H. The van der Waals surface area contributed by atoms with E-state index in [-0.39, 0.29) is 5.92 Å². The lowest BCUT2D eigenvalue weighted by Crippen LogP contribution is -2.10. The van der Waals surface area contributed by atoms with Crippen LogP contribution in [0.15, 0.2) is 146 Å². The zero-order chi connectivity index (χ0) is 21.6. The van der Waals surface area contributed by atoms with Gasteiger partial charge in [0.25, 0.3) is 0 Å². The van der Waals surface area contributed by atoms with Crippen LogP contribution in [0.1, 0.15) is 22.6 Å². The molecule has 5 aromatic carbocycles. The van der Waals surface area contributed by atoms with Gasteiger partial charge in [-0.05, 0) is 53.1 Å². The Balaban J connectivity index is 1.57. The van der Waals surface area contributed by atoms with Crippen molar-refractivity contribution < 1.29 is 0 Å². The first-order valence-corrected chi connectivity index (χ1v) is 11.0. The molecule has 0 fully saturated rings. The Hall–Kier alpha value is -4.10.